The van der Waals surface area contributed by atoms with Crippen LogP contribution >= 0.6 is 0 Å². The smallest absolute Gasteiger partial charge is 0.335 e. The van der Waals surface area contributed by atoms with Crippen molar-refractivity contribution in [3.8, 4) is 0 Å². The van der Waals surface area contributed by atoms with Gasteiger partial charge in [0.2, 0.25) is 0 Å². The van der Waals surface area contributed by atoms with Crippen molar-refractivity contribution >= 4 is 0 Å². The van der Waals surface area contributed by atoms with Gasteiger partial charge >= 0.3 is 35.0 Å². The third-order valence-corrected chi connectivity index (χ3v) is 1.32. The van der Waals surface area contributed by atoms with E-state index in [1.165, 1.54) is 0 Å². The molecule has 0 heterocycles. The molecule has 1 atom stereocenters. The predicted molar refractivity (Wildman–Crippen MR) is 40.0 cm³/mol. The topological polar surface area (TPSA) is 40.5 Å². The molecule has 2 N–H and O–H groups in total. The average Bonchev–Trinajstić information content (AvgIpc) is 2.05. The first-order chi connectivity index (χ1) is 6.44. The Hall–Kier alpha value is -0.241. The van der Waals surface area contributed by atoms with Gasteiger partial charge in [-0.2, -0.15) is 22.0 Å². The van der Waals surface area contributed by atoms with Crippen molar-refractivity contribution in [3.05, 3.63) is 13.2 Å². The molecule has 9 heteroatoms. The summed E-state index contributed by atoms with van der Waals surface area (Å²) in [5, 5.41) is 15.2. The van der Waals surface area contributed by atoms with E-state index in [9.17, 15) is 26.3 Å². The van der Waals surface area contributed by atoms with E-state index in [0.29, 0.717) is 0 Å². The second kappa shape index (κ2) is 6.48. The van der Waals surface area contributed by atoms with Crippen molar-refractivity contribution < 1.29 is 53.6 Å². The molecule has 102 valence electrons. The van der Waals surface area contributed by atoms with E-state index >= 15 is 0 Å². The number of hydrogen-bond donors (Lipinski definition) is 2. The van der Waals surface area contributed by atoms with Gasteiger partial charge in [0.1, 0.15) is 0 Å². The van der Waals surface area contributed by atoms with Crippen molar-refractivity contribution in [1.29, 1.82) is 0 Å². The monoisotopic (exact) mass is 303 g/mol. The molecule has 2 nitrogen and oxygen atoms in total. The minimum Gasteiger partial charge on any atom is -0.335 e. The summed E-state index contributed by atoms with van der Waals surface area (Å²) in [6.45, 7) is 6.04. The van der Waals surface area contributed by atoms with Gasteiger partial charge in [-0.15, -0.1) is 13.2 Å². The summed E-state index contributed by atoms with van der Waals surface area (Å²) in [7, 11) is 0. The molecule has 0 aromatic carbocycles. The van der Waals surface area contributed by atoms with Gasteiger partial charge in [-0.3, -0.25) is 0 Å². The summed E-state index contributed by atoms with van der Waals surface area (Å²) in [5.74, 6) is -11.4. The molecule has 1 unspecified atom stereocenters. The Kier molecular flexibility index (Phi) is 8.55. The molecule has 0 amide bonds. The Morgan fingerprint density at radius 2 is 1.25 bits per heavy atom. The van der Waals surface area contributed by atoms with Crippen LogP contribution in [0.4, 0.5) is 26.3 Å². The minimum absolute atomic E-state index is 0. The van der Waals surface area contributed by atoms with Crippen LogP contribution in [0.1, 0.15) is 6.92 Å². The van der Waals surface area contributed by atoms with Crippen LogP contribution < -0.4 is 0 Å². The number of aliphatic hydroxyl groups is 2. The van der Waals surface area contributed by atoms with E-state index in [1.54, 1.807) is 0 Å². The number of rotatable bonds is 3. The molecule has 0 aliphatic heterocycles. The molecular formula is C7H10CuF6O2+. The Morgan fingerprint density at radius 3 is 1.31 bits per heavy atom. The summed E-state index contributed by atoms with van der Waals surface area (Å²) in [6.07, 6.45) is -3.42. The number of hydrogen-bond acceptors (Lipinski definition) is 2. The van der Waals surface area contributed by atoms with Gasteiger partial charge in [0.25, 0.3) is 0 Å². The fraction of sp³-hybridized carbons (Fsp3) is 0.714. The van der Waals surface area contributed by atoms with Gasteiger partial charge in [-0.05, 0) is 6.92 Å². The molecular weight excluding hydrogens is 294 g/mol. The van der Waals surface area contributed by atoms with E-state index in [4.69, 9.17) is 10.2 Å². The van der Waals surface area contributed by atoms with Crippen LogP contribution in [0.2, 0.25) is 0 Å². The van der Waals surface area contributed by atoms with Crippen molar-refractivity contribution in [2.45, 2.75) is 31.0 Å². The third-order valence-electron chi connectivity index (χ3n) is 1.32. The first kappa shape index (κ1) is 21.1. The van der Waals surface area contributed by atoms with Gasteiger partial charge in [-0.1, -0.05) is 0 Å². The van der Waals surface area contributed by atoms with Crippen molar-refractivity contribution in [2.75, 3.05) is 0 Å². The number of halogens is 6. The molecule has 0 aromatic rings. The summed E-state index contributed by atoms with van der Waals surface area (Å²) < 4.78 is 72.1. The molecule has 0 rings (SSSR count). The standard InChI is InChI=1S/C5H6F6O2.C2H4.Cu/c1-2(6)3(7,8)4(9,10)5(11,12)13;1-2;/h2,12-13H,1H3;1-2H2;/q;;+1. The SMILES string of the molecule is C=C.CC(F)C(F)(F)C(F)(F)C(O)(O)F.[Cu+]. The van der Waals surface area contributed by atoms with E-state index in [1.807, 2.05) is 0 Å². The third kappa shape index (κ3) is 3.97. The van der Waals surface area contributed by atoms with Crippen molar-refractivity contribution in [2.24, 2.45) is 0 Å². The largest absolute Gasteiger partial charge is 1.00 e. The zero-order valence-electron chi connectivity index (χ0n) is 7.96. The second-order valence-corrected chi connectivity index (χ2v) is 2.40. The Balaban J connectivity index is -0.000000529. The Morgan fingerprint density at radius 1 is 1.00 bits per heavy atom. The molecule has 16 heavy (non-hydrogen) atoms. The van der Waals surface area contributed by atoms with E-state index < -0.39 is 24.1 Å². The van der Waals surface area contributed by atoms with E-state index in [0.717, 1.165) is 0 Å². The molecule has 0 fully saturated rings. The first-order valence-corrected chi connectivity index (χ1v) is 3.48. The summed E-state index contributed by atoms with van der Waals surface area (Å²) in [4.78, 5) is 0. The Bertz CT molecular complexity index is 204. The van der Waals surface area contributed by atoms with Gasteiger partial charge < -0.3 is 10.2 Å². The normalized spacial score (nSPS) is 14.3. The fourth-order valence-corrected chi connectivity index (χ4v) is 0.462. The summed E-state index contributed by atoms with van der Waals surface area (Å²) in [5.41, 5.74) is 0. The molecule has 0 aliphatic rings. The maximum atomic E-state index is 12.1. The van der Waals surface area contributed by atoms with E-state index in [2.05, 4.69) is 13.2 Å². The zero-order valence-corrected chi connectivity index (χ0v) is 8.90. The van der Waals surface area contributed by atoms with Crippen LogP contribution in [0.5, 0.6) is 0 Å². The summed E-state index contributed by atoms with van der Waals surface area (Å²) >= 11 is 0. The van der Waals surface area contributed by atoms with Crippen LogP contribution in [-0.2, 0) is 17.1 Å². The Labute approximate surface area is 98.4 Å². The van der Waals surface area contributed by atoms with Crippen LogP contribution in [-0.4, -0.2) is 34.3 Å². The van der Waals surface area contributed by atoms with Gasteiger partial charge in [-0.25, -0.2) is 4.39 Å². The molecule has 0 aliphatic carbocycles. The molecule has 0 radical (unpaired) electrons. The van der Waals surface area contributed by atoms with Crippen LogP contribution in [0.15, 0.2) is 13.2 Å². The maximum absolute atomic E-state index is 12.1. The van der Waals surface area contributed by atoms with Crippen molar-refractivity contribution in [3.63, 3.8) is 0 Å². The summed E-state index contributed by atoms with van der Waals surface area (Å²) in [6, 6.07) is -5.46. The average molecular weight is 304 g/mol. The van der Waals surface area contributed by atoms with Crippen LogP contribution in [0.3, 0.4) is 0 Å². The molecule has 0 aromatic heterocycles. The van der Waals surface area contributed by atoms with E-state index in [-0.39, 0.29) is 24.0 Å². The van der Waals surface area contributed by atoms with Crippen molar-refractivity contribution in [1.82, 2.24) is 0 Å². The van der Waals surface area contributed by atoms with Crippen LogP contribution in [0, 0.1) is 0 Å². The quantitative estimate of drug-likeness (QED) is 0.362. The van der Waals surface area contributed by atoms with Gasteiger partial charge in [0.15, 0.2) is 6.17 Å². The first-order valence-electron chi connectivity index (χ1n) is 3.48. The van der Waals surface area contributed by atoms with Gasteiger partial charge in [0, 0.05) is 0 Å². The predicted octanol–water partition coefficient (Wildman–Crippen LogP) is 2.02. The number of alkyl halides is 6. The van der Waals surface area contributed by atoms with Crippen LogP contribution in [0.25, 0.3) is 0 Å². The fourth-order valence-electron chi connectivity index (χ4n) is 0.462. The zero-order chi connectivity index (χ0) is 13.1. The maximum Gasteiger partial charge on any atom is 1.00 e. The molecule has 0 spiro atoms. The second-order valence-electron chi connectivity index (χ2n) is 2.40. The molecule has 0 bridgehead atoms. The minimum atomic E-state index is -5.91. The van der Waals surface area contributed by atoms with Gasteiger partial charge in [0.05, 0.1) is 0 Å². The molecule has 0 saturated heterocycles. The molecule has 0 saturated carbocycles.